The molecule has 0 unspecified atom stereocenters. The molecule has 0 atom stereocenters. The third kappa shape index (κ3) is 5.60. The predicted molar refractivity (Wildman–Crippen MR) is 116 cm³/mol. The van der Waals surface area contributed by atoms with Crippen molar-refractivity contribution in [2.45, 2.75) is 36.9 Å². The number of nitrogens with one attached hydrogen (secondary N) is 1. The Morgan fingerprint density at radius 3 is 2.87 bits per heavy atom. The van der Waals surface area contributed by atoms with Gasteiger partial charge in [0, 0.05) is 17.3 Å². The lowest BCUT2D eigenvalue weighted by atomic mass is 10.3. The molecule has 0 bridgehead atoms. The second-order valence-electron chi connectivity index (χ2n) is 7.17. The van der Waals surface area contributed by atoms with E-state index in [0.29, 0.717) is 30.3 Å². The number of sulfonamides is 1. The number of thioether (sulfide) groups is 1. The van der Waals surface area contributed by atoms with E-state index >= 15 is 0 Å². The highest BCUT2D eigenvalue weighted by Gasteiger charge is 2.31. The van der Waals surface area contributed by atoms with Crippen molar-refractivity contribution >= 4 is 38.9 Å². The molecule has 0 aromatic carbocycles. The molecule has 0 amide bonds. The molecule has 4 rings (SSSR count). The number of Topliss-reactive ketones (excluding diaryl/α,β-unsaturated/α-hetero) is 1. The minimum absolute atomic E-state index is 0.0212. The van der Waals surface area contributed by atoms with Crippen LogP contribution in [0.4, 0.5) is 0 Å². The molecular weight excluding hydrogens is 444 g/mol. The first-order chi connectivity index (χ1) is 14.4. The van der Waals surface area contributed by atoms with E-state index in [4.69, 9.17) is 4.42 Å². The highest BCUT2D eigenvalue weighted by Crippen LogP contribution is 2.40. The van der Waals surface area contributed by atoms with E-state index in [-0.39, 0.29) is 11.5 Å². The van der Waals surface area contributed by atoms with Crippen LogP contribution in [0.2, 0.25) is 0 Å². The van der Waals surface area contributed by atoms with Crippen LogP contribution in [-0.2, 0) is 23.0 Å². The average molecular weight is 467 g/mol. The highest BCUT2D eigenvalue weighted by molar-refractivity contribution is 7.99. The molecule has 3 aromatic rings. The lowest BCUT2D eigenvalue weighted by Gasteiger charge is -2.07. The molecule has 1 N–H and O–H groups in total. The van der Waals surface area contributed by atoms with Gasteiger partial charge in [-0.25, -0.2) is 13.1 Å². The highest BCUT2D eigenvalue weighted by atomic mass is 32.2. The van der Waals surface area contributed by atoms with Gasteiger partial charge in [0.25, 0.3) is 0 Å². The maximum atomic E-state index is 12.6. The van der Waals surface area contributed by atoms with E-state index in [1.807, 2.05) is 22.8 Å². The van der Waals surface area contributed by atoms with Crippen LogP contribution in [0, 0.1) is 0 Å². The molecule has 3 aromatic heterocycles. The van der Waals surface area contributed by atoms with Crippen molar-refractivity contribution in [3.05, 3.63) is 51.9 Å². The second kappa shape index (κ2) is 9.04. The molecular formula is C19H22N4O4S3. The van der Waals surface area contributed by atoms with E-state index in [9.17, 15) is 13.2 Å². The molecule has 3 heterocycles. The fourth-order valence-electron chi connectivity index (χ4n) is 2.98. The number of thiophene rings is 1. The van der Waals surface area contributed by atoms with Crippen molar-refractivity contribution in [3.8, 4) is 0 Å². The van der Waals surface area contributed by atoms with Gasteiger partial charge in [-0.15, -0.1) is 21.5 Å². The summed E-state index contributed by atoms with van der Waals surface area (Å²) in [7, 11) is -3.20. The smallest absolute Gasteiger partial charge is 0.208 e. The van der Waals surface area contributed by atoms with Crippen molar-refractivity contribution in [3.63, 3.8) is 0 Å². The Kier molecular flexibility index (Phi) is 6.42. The number of ketones is 1. The maximum absolute atomic E-state index is 12.6. The Balaban J connectivity index is 1.37. The number of carbonyl (C=O) groups is 1. The topological polar surface area (TPSA) is 107 Å². The molecule has 8 nitrogen and oxygen atoms in total. The molecule has 0 radical (unpaired) electrons. The van der Waals surface area contributed by atoms with Crippen LogP contribution in [0.25, 0.3) is 0 Å². The summed E-state index contributed by atoms with van der Waals surface area (Å²) in [6.45, 7) is 0.875. The zero-order valence-corrected chi connectivity index (χ0v) is 18.9. The fraction of sp³-hybridized carbons (Fsp3) is 0.421. The van der Waals surface area contributed by atoms with Gasteiger partial charge >= 0.3 is 0 Å². The van der Waals surface area contributed by atoms with E-state index in [1.54, 1.807) is 12.3 Å². The van der Waals surface area contributed by atoms with Crippen LogP contribution < -0.4 is 4.72 Å². The van der Waals surface area contributed by atoms with Crippen LogP contribution in [0.15, 0.2) is 40.1 Å². The van der Waals surface area contributed by atoms with E-state index < -0.39 is 10.0 Å². The Hall–Kier alpha value is -1.95. The van der Waals surface area contributed by atoms with Crippen LogP contribution in [-0.4, -0.2) is 47.5 Å². The van der Waals surface area contributed by atoms with Gasteiger partial charge < -0.3 is 4.42 Å². The summed E-state index contributed by atoms with van der Waals surface area (Å²) >= 11 is 2.78. The minimum atomic E-state index is -3.20. The number of hydrogen-bond donors (Lipinski definition) is 1. The van der Waals surface area contributed by atoms with Crippen LogP contribution >= 0.6 is 23.1 Å². The minimum Gasteiger partial charge on any atom is -0.467 e. The number of carbonyl (C=O) groups excluding carboxylic acids is 1. The predicted octanol–water partition coefficient (Wildman–Crippen LogP) is 2.93. The molecule has 0 aliphatic heterocycles. The van der Waals surface area contributed by atoms with Gasteiger partial charge in [-0.05, 0) is 43.5 Å². The zero-order chi connectivity index (χ0) is 21.1. The number of aromatic nitrogens is 3. The summed E-state index contributed by atoms with van der Waals surface area (Å²) in [5, 5.41) is 9.38. The van der Waals surface area contributed by atoms with Gasteiger partial charge in [0.15, 0.2) is 10.9 Å². The van der Waals surface area contributed by atoms with Gasteiger partial charge in [-0.2, -0.15) is 0 Å². The van der Waals surface area contributed by atoms with Crippen LogP contribution in [0.1, 0.15) is 44.9 Å². The molecule has 1 aliphatic carbocycles. The lowest BCUT2D eigenvalue weighted by Crippen LogP contribution is -2.23. The van der Waals surface area contributed by atoms with E-state index in [2.05, 4.69) is 14.9 Å². The number of furan rings is 1. The first-order valence-electron chi connectivity index (χ1n) is 9.54. The second-order valence-corrected chi connectivity index (χ2v) is 11.1. The van der Waals surface area contributed by atoms with Crippen LogP contribution in [0.3, 0.4) is 0 Å². The SMILES string of the molecule is CS(=O)(=O)NCCc1ccc(C(=O)CSc2nnc(C3CC3)n2Cc2ccco2)s1. The molecule has 1 saturated carbocycles. The molecule has 1 aliphatic rings. The number of rotatable bonds is 11. The summed E-state index contributed by atoms with van der Waals surface area (Å²) in [5.41, 5.74) is 0. The van der Waals surface area contributed by atoms with Crippen molar-refractivity contribution in [1.82, 2.24) is 19.5 Å². The molecule has 160 valence electrons. The summed E-state index contributed by atoms with van der Waals surface area (Å²) < 4.78 is 32.3. The van der Waals surface area contributed by atoms with Gasteiger partial charge in [-0.1, -0.05) is 11.8 Å². The van der Waals surface area contributed by atoms with Crippen molar-refractivity contribution in [2.24, 2.45) is 0 Å². The lowest BCUT2D eigenvalue weighted by molar-refractivity contribution is 0.102. The largest absolute Gasteiger partial charge is 0.467 e. The van der Waals surface area contributed by atoms with Crippen molar-refractivity contribution < 1.29 is 17.6 Å². The molecule has 1 fully saturated rings. The van der Waals surface area contributed by atoms with Crippen LogP contribution in [0.5, 0.6) is 0 Å². The summed E-state index contributed by atoms with van der Waals surface area (Å²) in [6.07, 6.45) is 5.57. The molecule has 0 spiro atoms. The Morgan fingerprint density at radius 2 is 2.17 bits per heavy atom. The zero-order valence-electron chi connectivity index (χ0n) is 16.4. The van der Waals surface area contributed by atoms with Gasteiger partial charge in [0.05, 0.1) is 29.7 Å². The van der Waals surface area contributed by atoms with Gasteiger partial charge in [0.2, 0.25) is 10.0 Å². The molecule has 11 heteroatoms. The Bertz CT molecular complexity index is 1110. The monoisotopic (exact) mass is 466 g/mol. The fourth-order valence-corrected chi connectivity index (χ4v) is 5.32. The molecule has 30 heavy (non-hydrogen) atoms. The third-order valence-electron chi connectivity index (χ3n) is 4.59. The summed E-state index contributed by atoms with van der Waals surface area (Å²) in [5.74, 6) is 2.52. The van der Waals surface area contributed by atoms with E-state index in [0.717, 1.165) is 40.7 Å². The van der Waals surface area contributed by atoms with Crippen molar-refractivity contribution in [2.75, 3.05) is 18.6 Å². The van der Waals surface area contributed by atoms with Gasteiger partial charge in [-0.3, -0.25) is 9.36 Å². The Morgan fingerprint density at radius 1 is 1.33 bits per heavy atom. The first-order valence-corrected chi connectivity index (χ1v) is 13.2. The normalized spacial score (nSPS) is 14.3. The average Bonchev–Trinajstić information content (AvgIpc) is 3.09. The summed E-state index contributed by atoms with van der Waals surface area (Å²) in [6, 6.07) is 7.44. The van der Waals surface area contributed by atoms with E-state index in [1.165, 1.54) is 23.1 Å². The summed E-state index contributed by atoms with van der Waals surface area (Å²) in [4.78, 5) is 14.3. The number of nitrogens with zero attached hydrogens (tertiary/aromatic N) is 3. The first kappa shape index (κ1) is 21.3. The molecule has 0 saturated heterocycles. The van der Waals surface area contributed by atoms with Gasteiger partial charge in [0.1, 0.15) is 11.6 Å². The standard InChI is InChI=1S/C19H22N4O4S3/c1-30(25,26)20-9-8-15-6-7-17(29-15)16(24)12-28-19-22-21-18(13-4-5-13)23(19)11-14-3-2-10-27-14/h2-3,6-7,10,13,20H,4-5,8-9,11-12H2,1H3. The third-order valence-corrected chi connectivity index (χ3v) is 7.47. The Labute approximate surface area is 183 Å². The van der Waals surface area contributed by atoms with Crippen molar-refractivity contribution in [1.29, 1.82) is 0 Å². The maximum Gasteiger partial charge on any atom is 0.208 e. The quantitative estimate of drug-likeness (QED) is 0.342. The number of hydrogen-bond acceptors (Lipinski definition) is 8.